The maximum Gasteiger partial charge on any atom is 0.207 e. The third-order valence-corrected chi connectivity index (χ3v) is 5.36. The highest BCUT2D eigenvalue weighted by Crippen LogP contribution is 2.30. The highest BCUT2D eigenvalue weighted by atomic mass is 32.2. The van der Waals surface area contributed by atoms with Gasteiger partial charge >= 0.3 is 0 Å². The fourth-order valence-electron chi connectivity index (χ4n) is 2.06. The van der Waals surface area contributed by atoms with Crippen LogP contribution in [0.4, 0.5) is 0 Å². The maximum absolute atomic E-state index is 12.5. The standard InChI is InChI=1S/C16H15NO4S2/c1-19-12-6-5-11(8-13(12)20-2)23(18)10-16-17-9-14(21-16)15-4-3-7-22-15/h3-9H,10H2,1-2H3/t23-/m1/s1. The molecule has 5 nitrogen and oxygen atoms in total. The smallest absolute Gasteiger partial charge is 0.207 e. The summed E-state index contributed by atoms with van der Waals surface area (Å²) in [6, 6.07) is 9.10. The summed E-state index contributed by atoms with van der Waals surface area (Å²) < 4.78 is 28.6. The number of hydrogen-bond donors (Lipinski definition) is 0. The van der Waals surface area contributed by atoms with Crippen LogP contribution in [0, 0.1) is 0 Å². The van der Waals surface area contributed by atoms with Gasteiger partial charge in [0.1, 0.15) is 5.75 Å². The molecule has 0 aliphatic rings. The number of rotatable bonds is 6. The molecule has 0 unspecified atom stereocenters. The molecule has 1 atom stereocenters. The fraction of sp³-hybridized carbons (Fsp3) is 0.188. The van der Waals surface area contributed by atoms with Crippen molar-refractivity contribution in [3.63, 3.8) is 0 Å². The van der Waals surface area contributed by atoms with E-state index in [0.717, 1.165) is 4.88 Å². The van der Waals surface area contributed by atoms with E-state index in [9.17, 15) is 4.21 Å². The molecule has 0 saturated carbocycles. The lowest BCUT2D eigenvalue weighted by Crippen LogP contribution is -1.98. The molecular formula is C16H15NO4S2. The van der Waals surface area contributed by atoms with E-state index in [1.807, 2.05) is 17.5 Å². The molecule has 3 aromatic rings. The van der Waals surface area contributed by atoms with Crippen LogP contribution in [0.2, 0.25) is 0 Å². The van der Waals surface area contributed by atoms with E-state index in [0.29, 0.717) is 28.0 Å². The van der Waals surface area contributed by atoms with Crippen LogP contribution in [-0.2, 0) is 16.6 Å². The summed E-state index contributed by atoms with van der Waals surface area (Å²) in [6.07, 6.45) is 1.66. The van der Waals surface area contributed by atoms with Gasteiger partial charge in [0.15, 0.2) is 17.3 Å². The summed E-state index contributed by atoms with van der Waals surface area (Å²) in [5.41, 5.74) is 0. The van der Waals surface area contributed by atoms with Crippen molar-refractivity contribution in [2.75, 3.05) is 14.2 Å². The Bertz CT molecular complexity index is 811. The van der Waals surface area contributed by atoms with Crippen molar-refractivity contribution in [2.45, 2.75) is 10.6 Å². The minimum Gasteiger partial charge on any atom is -0.493 e. The zero-order chi connectivity index (χ0) is 16.2. The van der Waals surface area contributed by atoms with Crippen molar-refractivity contribution in [1.29, 1.82) is 0 Å². The molecule has 0 aliphatic heterocycles. The molecule has 0 fully saturated rings. The molecule has 0 spiro atoms. The van der Waals surface area contributed by atoms with Gasteiger partial charge in [0.05, 0.1) is 36.1 Å². The van der Waals surface area contributed by atoms with Crippen molar-refractivity contribution in [1.82, 2.24) is 4.98 Å². The summed E-state index contributed by atoms with van der Waals surface area (Å²) in [6.45, 7) is 0. The maximum atomic E-state index is 12.5. The normalized spacial score (nSPS) is 12.1. The van der Waals surface area contributed by atoms with Crippen LogP contribution in [0.15, 0.2) is 51.2 Å². The average molecular weight is 349 g/mol. The van der Waals surface area contributed by atoms with Gasteiger partial charge in [-0.25, -0.2) is 4.98 Å². The van der Waals surface area contributed by atoms with Crippen LogP contribution >= 0.6 is 11.3 Å². The molecule has 0 amide bonds. The number of hydrogen-bond acceptors (Lipinski definition) is 6. The molecule has 120 valence electrons. The molecular weight excluding hydrogens is 334 g/mol. The van der Waals surface area contributed by atoms with Gasteiger partial charge in [0.2, 0.25) is 5.89 Å². The molecule has 1 aromatic carbocycles. The van der Waals surface area contributed by atoms with E-state index in [4.69, 9.17) is 13.9 Å². The van der Waals surface area contributed by atoms with Gasteiger partial charge in [-0.1, -0.05) is 6.07 Å². The third kappa shape index (κ3) is 3.46. The van der Waals surface area contributed by atoms with E-state index in [2.05, 4.69) is 4.98 Å². The van der Waals surface area contributed by atoms with Crippen molar-refractivity contribution in [2.24, 2.45) is 0 Å². The van der Waals surface area contributed by atoms with Crippen LogP contribution in [0.5, 0.6) is 11.5 Å². The first-order valence-corrected chi connectivity index (χ1v) is 9.00. The average Bonchev–Trinajstić information content (AvgIpc) is 3.25. The topological polar surface area (TPSA) is 61.6 Å². The quantitative estimate of drug-likeness (QED) is 0.678. The Labute approximate surface area is 140 Å². The second-order valence-corrected chi connectivity index (χ2v) is 7.00. The summed E-state index contributed by atoms with van der Waals surface area (Å²) >= 11 is 1.57. The molecule has 2 heterocycles. The Morgan fingerprint density at radius 2 is 2.04 bits per heavy atom. The molecule has 3 rings (SSSR count). The second kappa shape index (κ2) is 6.97. The van der Waals surface area contributed by atoms with Gasteiger partial charge in [0, 0.05) is 11.0 Å². The number of methoxy groups -OCH3 is 2. The van der Waals surface area contributed by atoms with E-state index in [1.165, 1.54) is 0 Å². The first-order valence-electron chi connectivity index (χ1n) is 6.80. The minimum atomic E-state index is -1.28. The Morgan fingerprint density at radius 3 is 2.74 bits per heavy atom. The number of thiophene rings is 1. The number of nitrogens with zero attached hydrogens (tertiary/aromatic N) is 1. The van der Waals surface area contributed by atoms with Crippen molar-refractivity contribution in [3.05, 3.63) is 47.8 Å². The van der Waals surface area contributed by atoms with E-state index in [-0.39, 0.29) is 5.75 Å². The zero-order valence-corrected chi connectivity index (χ0v) is 14.3. The zero-order valence-electron chi connectivity index (χ0n) is 12.6. The molecule has 0 saturated heterocycles. The van der Waals surface area contributed by atoms with Crippen LogP contribution in [0.25, 0.3) is 10.6 Å². The van der Waals surface area contributed by atoms with Gasteiger partial charge < -0.3 is 13.9 Å². The lowest BCUT2D eigenvalue weighted by atomic mass is 10.3. The Kier molecular flexibility index (Phi) is 4.78. The predicted molar refractivity (Wildman–Crippen MR) is 89.5 cm³/mol. The van der Waals surface area contributed by atoms with E-state index >= 15 is 0 Å². The first-order chi connectivity index (χ1) is 11.2. The largest absolute Gasteiger partial charge is 0.493 e. The van der Waals surface area contributed by atoms with Gasteiger partial charge in [-0.3, -0.25) is 4.21 Å². The molecule has 0 bridgehead atoms. The fourth-order valence-corrected chi connectivity index (χ4v) is 3.72. The molecule has 0 N–H and O–H groups in total. The second-order valence-electron chi connectivity index (χ2n) is 4.60. The summed E-state index contributed by atoms with van der Waals surface area (Å²) in [4.78, 5) is 5.84. The first kappa shape index (κ1) is 15.8. The van der Waals surface area contributed by atoms with Crippen LogP contribution in [-0.4, -0.2) is 23.4 Å². The van der Waals surface area contributed by atoms with Crippen molar-refractivity contribution < 1.29 is 18.1 Å². The lowest BCUT2D eigenvalue weighted by Gasteiger charge is -2.08. The molecule has 0 aliphatic carbocycles. The van der Waals surface area contributed by atoms with Gasteiger partial charge in [-0.15, -0.1) is 11.3 Å². The van der Waals surface area contributed by atoms with Gasteiger partial charge in [-0.2, -0.15) is 0 Å². The Balaban J connectivity index is 1.77. The van der Waals surface area contributed by atoms with E-state index < -0.39 is 10.8 Å². The number of oxazole rings is 1. The predicted octanol–water partition coefficient (Wildman–Crippen LogP) is 3.73. The van der Waals surface area contributed by atoms with E-state index in [1.54, 1.807) is 50.0 Å². The number of ether oxygens (including phenoxy) is 2. The van der Waals surface area contributed by atoms with Gasteiger partial charge in [-0.05, 0) is 23.6 Å². The number of benzene rings is 1. The van der Waals surface area contributed by atoms with Crippen molar-refractivity contribution >= 4 is 22.1 Å². The van der Waals surface area contributed by atoms with Crippen LogP contribution < -0.4 is 9.47 Å². The SMILES string of the molecule is COc1ccc([S@](=O)Cc2ncc(-c3cccs3)o2)cc1OC. The molecule has 0 radical (unpaired) electrons. The highest BCUT2D eigenvalue weighted by molar-refractivity contribution is 7.84. The molecule has 23 heavy (non-hydrogen) atoms. The van der Waals surface area contributed by atoms with Crippen LogP contribution in [0.1, 0.15) is 5.89 Å². The van der Waals surface area contributed by atoms with Crippen LogP contribution in [0.3, 0.4) is 0 Å². The summed E-state index contributed by atoms with van der Waals surface area (Å²) in [5, 5.41) is 1.97. The third-order valence-electron chi connectivity index (χ3n) is 3.19. The van der Waals surface area contributed by atoms with Crippen molar-refractivity contribution in [3.8, 4) is 22.1 Å². The van der Waals surface area contributed by atoms with Gasteiger partial charge in [0.25, 0.3) is 0 Å². The summed E-state index contributed by atoms with van der Waals surface area (Å²) in [5.74, 6) is 2.50. The monoisotopic (exact) mass is 349 g/mol. The molecule has 7 heteroatoms. The molecule has 2 aromatic heterocycles. The Hall–Kier alpha value is -2.12. The minimum absolute atomic E-state index is 0.209. The summed E-state index contributed by atoms with van der Waals surface area (Å²) in [7, 11) is 1.83. The Morgan fingerprint density at radius 1 is 1.22 bits per heavy atom. The lowest BCUT2D eigenvalue weighted by molar-refractivity contribution is 0.354. The number of aromatic nitrogens is 1. The highest BCUT2D eigenvalue weighted by Gasteiger charge is 2.14.